The Balaban J connectivity index is 2.08. The van der Waals surface area contributed by atoms with Crippen molar-refractivity contribution in [2.75, 3.05) is 0 Å². The van der Waals surface area contributed by atoms with Gasteiger partial charge in [0.2, 0.25) is 0 Å². The maximum Gasteiger partial charge on any atom is 0.488 e. The van der Waals surface area contributed by atoms with Crippen LogP contribution in [0.15, 0.2) is 42.5 Å². The highest BCUT2D eigenvalue weighted by Crippen LogP contribution is 2.19. The van der Waals surface area contributed by atoms with Gasteiger partial charge in [-0.15, -0.1) is 0 Å². The van der Waals surface area contributed by atoms with Crippen LogP contribution in [0.3, 0.4) is 0 Å². The summed E-state index contributed by atoms with van der Waals surface area (Å²) >= 11 is 0. The second-order valence-electron chi connectivity index (χ2n) is 4.68. The maximum atomic E-state index is 9.12. The second kappa shape index (κ2) is 5.91. The number of aryl methyl sites for hydroxylation is 2. The monoisotopic (exact) mass is 256 g/mol. The summed E-state index contributed by atoms with van der Waals surface area (Å²) < 4.78 is 5.75. The van der Waals surface area contributed by atoms with E-state index in [1.807, 2.05) is 32.0 Å². The average Bonchev–Trinajstić information content (AvgIpc) is 2.38. The van der Waals surface area contributed by atoms with Gasteiger partial charge in [-0.2, -0.15) is 0 Å². The summed E-state index contributed by atoms with van der Waals surface area (Å²) in [6.07, 6.45) is 0. The topological polar surface area (TPSA) is 49.7 Å². The highest BCUT2D eigenvalue weighted by molar-refractivity contribution is 6.58. The fourth-order valence-corrected chi connectivity index (χ4v) is 1.97. The van der Waals surface area contributed by atoms with Crippen molar-refractivity contribution < 1.29 is 14.8 Å². The van der Waals surface area contributed by atoms with Crippen LogP contribution >= 0.6 is 0 Å². The minimum Gasteiger partial charge on any atom is -0.489 e. The highest BCUT2D eigenvalue weighted by atomic mass is 16.5. The number of rotatable bonds is 4. The largest absolute Gasteiger partial charge is 0.489 e. The van der Waals surface area contributed by atoms with Gasteiger partial charge in [0.05, 0.1) is 0 Å². The quantitative estimate of drug-likeness (QED) is 0.816. The number of hydrogen-bond acceptors (Lipinski definition) is 3. The van der Waals surface area contributed by atoms with E-state index in [0.717, 1.165) is 16.9 Å². The third-order valence-corrected chi connectivity index (χ3v) is 2.97. The molecule has 0 heterocycles. The first kappa shape index (κ1) is 13.7. The van der Waals surface area contributed by atoms with Crippen LogP contribution in [0.25, 0.3) is 0 Å². The van der Waals surface area contributed by atoms with E-state index in [0.29, 0.717) is 12.1 Å². The third-order valence-electron chi connectivity index (χ3n) is 2.97. The summed E-state index contributed by atoms with van der Waals surface area (Å²) in [5.74, 6) is 0.848. The molecule has 0 radical (unpaired) electrons. The number of benzene rings is 2. The first-order valence-corrected chi connectivity index (χ1v) is 6.21. The van der Waals surface area contributed by atoms with E-state index in [2.05, 4.69) is 6.07 Å². The molecular formula is C15H17BO3. The van der Waals surface area contributed by atoms with Crippen LogP contribution in [-0.4, -0.2) is 17.2 Å². The van der Waals surface area contributed by atoms with Gasteiger partial charge in [0.25, 0.3) is 0 Å². The summed E-state index contributed by atoms with van der Waals surface area (Å²) in [6, 6.07) is 13.1. The van der Waals surface area contributed by atoms with Crippen molar-refractivity contribution >= 4 is 12.6 Å². The molecule has 0 spiro atoms. The van der Waals surface area contributed by atoms with Gasteiger partial charge in [0.1, 0.15) is 12.4 Å². The van der Waals surface area contributed by atoms with E-state index in [1.54, 1.807) is 18.2 Å². The zero-order valence-electron chi connectivity index (χ0n) is 11.1. The number of ether oxygens (including phenoxy) is 1. The SMILES string of the molecule is Cc1ccc(OCc2cccc(B(O)O)c2)c(C)c1. The molecule has 0 aromatic heterocycles. The zero-order valence-corrected chi connectivity index (χ0v) is 11.1. The Hall–Kier alpha value is -1.78. The molecule has 19 heavy (non-hydrogen) atoms. The standard InChI is InChI=1S/C15H17BO3/c1-11-6-7-15(12(2)8-11)19-10-13-4-3-5-14(9-13)16(17)18/h3-9,17-18H,10H2,1-2H3. The minimum atomic E-state index is -1.44. The molecule has 0 amide bonds. The van der Waals surface area contributed by atoms with Gasteiger partial charge in [-0.25, -0.2) is 0 Å². The van der Waals surface area contributed by atoms with Gasteiger partial charge in [-0.3, -0.25) is 0 Å². The zero-order chi connectivity index (χ0) is 13.8. The van der Waals surface area contributed by atoms with Crippen LogP contribution in [0.2, 0.25) is 0 Å². The van der Waals surface area contributed by atoms with E-state index < -0.39 is 7.12 Å². The predicted octanol–water partition coefficient (Wildman–Crippen LogP) is 1.56. The Morgan fingerprint density at radius 3 is 2.53 bits per heavy atom. The minimum absolute atomic E-state index is 0.407. The summed E-state index contributed by atoms with van der Waals surface area (Å²) in [5, 5.41) is 18.2. The summed E-state index contributed by atoms with van der Waals surface area (Å²) in [4.78, 5) is 0. The van der Waals surface area contributed by atoms with Gasteiger partial charge >= 0.3 is 7.12 Å². The lowest BCUT2D eigenvalue weighted by Crippen LogP contribution is -2.29. The molecule has 0 unspecified atom stereocenters. The Morgan fingerprint density at radius 2 is 1.84 bits per heavy atom. The summed E-state index contributed by atoms with van der Waals surface area (Å²) in [5.41, 5.74) is 3.68. The van der Waals surface area contributed by atoms with Crippen LogP contribution in [0.5, 0.6) is 5.75 Å². The second-order valence-corrected chi connectivity index (χ2v) is 4.68. The van der Waals surface area contributed by atoms with Gasteiger partial charge in [0, 0.05) is 0 Å². The van der Waals surface area contributed by atoms with E-state index >= 15 is 0 Å². The van der Waals surface area contributed by atoms with Crippen LogP contribution < -0.4 is 10.2 Å². The molecule has 0 aliphatic heterocycles. The van der Waals surface area contributed by atoms with Crippen LogP contribution in [0, 0.1) is 13.8 Å². The molecule has 2 aromatic rings. The molecule has 98 valence electrons. The fourth-order valence-electron chi connectivity index (χ4n) is 1.97. The number of hydrogen-bond donors (Lipinski definition) is 2. The van der Waals surface area contributed by atoms with Crippen LogP contribution in [-0.2, 0) is 6.61 Å². The molecule has 0 aliphatic rings. The first-order chi connectivity index (χ1) is 9.06. The van der Waals surface area contributed by atoms with Gasteiger partial charge in [0.15, 0.2) is 0 Å². The summed E-state index contributed by atoms with van der Waals surface area (Å²) in [7, 11) is -1.44. The third kappa shape index (κ3) is 3.59. The lowest BCUT2D eigenvalue weighted by Gasteiger charge is -2.10. The van der Waals surface area contributed by atoms with Crippen molar-refractivity contribution in [2.45, 2.75) is 20.5 Å². The smallest absolute Gasteiger partial charge is 0.488 e. The molecule has 0 aliphatic carbocycles. The molecular weight excluding hydrogens is 239 g/mol. The Morgan fingerprint density at radius 1 is 1.05 bits per heavy atom. The molecule has 3 nitrogen and oxygen atoms in total. The molecule has 0 fully saturated rings. The van der Waals surface area contributed by atoms with Crippen LogP contribution in [0.4, 0.5) is 0 Å². The predicted molar refractivity (Wildman–Crippen MR) is 76.5 cm³/mol. The van der Waals surface area contributed by atoms with Crippen molar-refractivity contribution in [3.05, 3.63) is 59.2 Å². The highest BCUT2D eigenvalue weighted by Gasteiger charge is 2.10. The van der Waals surface area contributed by atoms with Gasteiger partial charge < -0.3 is 14.8 Å². The summed E-state index contributed by atoms with van der Waals surface area (Å²) in [6.45, 7) is 4.46. The first-order valence-electron chi connectivity index (χ1n) is 6.21. The van der Waals surface area contributed by atoms with E-state index in [1.165, 1.54) is 5.56 Å². The lowest BCUT2D eigenvalue weighted by molar-refractivity contribution is 0.304. The van der Waals surface area contributed by atoms with E-state index in [4.69, 9.17) is 14.8 Å². The average molecular weight is 256 g/mol. The Kier molecular flexibility index (Phi) is 4.25. The van der Waals surface area contributed by atoms with E-state index in [-0.39, 0.29) is 0 Å². The van der Waals surface area contributed by atoms with Crippen molar-refractivity contribution in [2.24, 2.45) is 0 Å². The van der Waals surface area contributed by atoms with Crippen molar-refractivity contribution in [1.82, 2.24) is 0 Å². The Labute approximate surface area is 113 Å². The molecule has 0 saturated carbocycles. The molecule has 0 atom stereocenters. The fraction of sp³-hybridized carbons (Fsp3) is 0.200. The lowest BCUT2D eigenvalue weighted by atomic mass is 9.80. The van der Waals surface area contributed by atoms with Crippen LogP contribution in [0.1, 0.15) is 16.7 Å². The van der Waals surface area contributed by atoms with Gasteiger partial charge in [-0.1, -0.05) is 42.0 Å². The molecule has 4 heteroatoms. The molecule has 0 bridgehead atoms. The van der Waals surface area contributed by atoms with E-state index in [9.17, 15) is 0 Å². The molecule has 2 N–H and O–H groups in total. The van der Waals surface area contributed by atoms with Crippen molar-refractivity contribution in [3.8, 4) is 5.75 Å². The van der Waals surface area contributed by atoms with Gasteiger partial charge in [-0.05, 0) is 36.5 Å². The van der Waals surface area contributed by atoms with Crippen molar-refractivity contribution in [3.63, 3.8) is 0 Å². The molecule has 0 saturated heterocycles. The van der Waals surface area contributed by atoms with Crippen molar-refractivity contribution in [1.29, 1.82) is 0 Å². The molecule has 2 rings (SSSR count). The maximum absolute atomic E-state index is 9.12. The molecule has 2 aromatic carbocycles. The Bertz CT molecular complexity index is 567. The normalized spacial score (nSPS) is 10.3.